The molecule has 1 aromatic rings. The zero-order chi connectivity index (χ0) is 13.7. The van der Waals surface area contributed by atoms with Gasteiger partial charge < -0.3 is 5.32 Å². The number of nitrogens with zero attached hydrogens (tertiary/aromatic N) is 2. The second-order valence-corrected chi connectivity index (χ2v) is 6.46. The van der Waals surface area contributed by atoms with Gasteiger partial charge in [-0.15, -0.1) is 0 Å². The molecule has 0 aliphatic carbocycles. The number of thioether (sulfide) groups is 1. The predicted molar refractivity (Wildman–Crippen MR) is 82.5 cm³/mol. The lowest BCUT2D eigenvalue weighted by Crippen LogP contribution is -2.28. The smallest absolute Gasteiger partial charge is 0.283 e. The Morgan fingerprint density at radius 1 is 1.50 bits per heavy atom. The van der Waals surface area contributed by atoms with Crippen molar-refractivity contribution in [1.82, 2.24) is 9.78 Å². The third-order valence-electron chi connectivity index (χ3n) is 2.34. The average Bonchev–Trinajstić information content (AvgIpc) is 2.29. The monoisotopic (exact) mass is 333 g/mol. The van der Waals surface area contributed by atoms with E-state index in [0.717, 1.165) is 11.4 Å². The van der Waals surface area contributed by atoms with E-state index in [1.54, 1.807) is 18.0 Å². The maximum Gasteiger partial charge on any atom is 0.283 e. The Morgan fingerprint density at radius 3 is 2.72 bits per heavy atom. The van der Waals surface area contributed by atoms with E-state index in [9.17, 15) is 4.79 Å². The van der Waals surface area contributed by atoms with Crippen molar-refractivity contribution in [2.45, 2.75) is 33.4 Å². The molecule has 0 aliphatic heterocycles. The van der Waals surface area contributed by atoms with Gasteiger partial charge in [0.05, 0.1) is 11.9 Å². The quantitative estimate of drug-likeness (QED) is 0.869. The molecule has 102 valence electrons. The molecule has 0 saturated heterocycles. The summed E-state index contributed by atoms with van der Waals surface area (Å²) in [6.45, 7) is 6.85. The second-order valence-electron chi connectivity index (χ2n) is 4.75. The van der Waals surface area contributed by atoms with Gasteiger partial charge in [0.1, 0.15) is 4.47 Å². The Morgan fingerprint density at radius 2 is 2.17 bits per heavy atom. The van der Waals surface area contributed by atoms with Gasteiger partial charge in [0.2, 0.25) is 0 Å². The van der Waals surface area contributed by atoms with E-state index >= 15 is 0 Å². The molecule has 6 heteroatoms. The number of hydrogen-bond acceptors (Lipinski definition) is 4. The van der Waals surface area contributed by atoms with Crippen LogP contribution in [-0.4, -0.2) is 27.8 Å². The molecule has 1 heterocycles. The summed E-state index contributed by atoms with van der Waals surface area (Å²) >= 11 is 5.13. The Hall–Kier alpha value is -0.490. The van der Waals surface area contributed by atoms with Gasteiger partial charge in [0.25, 0.3) is 5.56 Å². The van der Waals surface area contributed by atoms with Crippen LogP contribution in [0.2, 0.25) is 0 Å². The second kappa shape index (κ2) is 7.19. The minimum absolute atomic E-state index is 0.0787. The molecule has 1 atom stereocenters. The standard InChI is InChI=1S/C12H20BrN3OS/c1-8(2)6-16-12(17)11(13)10(5-14-16)15-9(3)7-18-4/h5,8-9,15H,6-7H2,1-4H3. The lowest BCUT2D eigenvalue weighted by atomic mass is 10.2. The Bertz CT molecular complexity index is 447. The molecule has 0 bridgehead atoms. The van der Waals surface area contributed by atoms with E-state index < -0.39 is 0 Å². The maximum atomic E-state index is 12.1. The molecule has 0 radical (unpaired) electrons. The summed E-state index contributed by atoms with van der Waals surface area (Å²) < 4.78 is 2.06. The molecular weight excluding hydrogens is 314 g/mol. The number of halogens is 1. The largest absolute Gasteiger partial charge is 0.379 e. The molecule has 0 aromatic carbocycles. The highest BCUT2D eigenvalue weighted by Crippen LogP contribution is 2.18. The first kappa shape index (κ1) is 15.6. The Labute approximate surface area is 121 Å². The van der Waals surface area contributed by atoms with Gasteiger partial charge in [-0.3, -0.25) is 4.79 Å². The van der Waals surface area contributed by atoms with Crippen LogP contribution in [-0.2, 0) is 6.54 Å². The van der Waals surface area contributed by atoms with Crippen LogP contribution in [0.1, 0.15) is 20.8 Å². The molecule has 18 heavy (non-hydrogen) atoms. The molecule has 0 amide bonds. The normalized spacial score (nSPS) is 12.8. The van der Waals surface area contributed by atoms with Gasteiger partial charge in [-0.05, 0) is 35.0 Å². The Balaban J connectivity index is 2.90. The molecule has 1 N–H and O–H groups in total. The molecule has 1 aromatic heterocycles. The lowest BCUT2D eigenvalue weighted by Gasteiger charge is -2.16. The third kappa shape index (κ3) is 4.31. The van der Waals surface area contributed by atoms with Crippen molar-refractivity contribution >= 4 is 33.4 Å². The van der Waals surface area contributed by atoms with Crippen LogP contribution in [0, 0.1) is 5.92 Å². The average molecular weight is 334 g/mol. The van der Waals surface area contributed by atoms with Crippen LogP contribution in [0.4, 0.5) is 5.69 Å². The first-order valence-electron chi connectivity index (χ1n) is 5.96. The highest BCUT2D eigenvalue weighted by Gasteiger charge is 2.11. The molecule has 1 unspecified atom stereocenters. The summed E-state index contributed by atoms with van der Waals surface area (Å²) in [7, 11) is 0. The Kier molecular flexibility index (Phi) is 6.21. The molecule has 0 fully saturated rings. The molecular formula is C12H20BrN3OS. The maximum absolute atomic E-state index is 12.1. The first-order valence-corrected chi connectivity index (χ1v) is 8.15. The van der Waals surface area contributed by atoms with Crippen molar-refractivity contribution in [3.05, 3.63) is 21.0 Å². The SMILES string of the molecule is CSCC(C)Nc1cnn(CC(C)C)c(=O)c1Br. The summed E-state index contributed by atoms with van der Waals surface area (Å²) in [5.41, 5.74) is 0.687. The summed E-state index contributed by atoms with van der Waals surface area (Å²) in [6, 6.07) is 0.304. The van der Waals surface area contributed by atoms with Gasteiger partial charge in [-0.2, -0.15) is 16.9 Å². The predicted octanol–water partition coefficient (Wildman–Crippen LogP) is 2.83. The molecule has 1 rings (SSSR count). The summed E-state index contributed by atoms with van der Waals surface area (Å²) in [5.74, 6) is 1.39. The zero-order valence-corrected chi connectivity index (χ0v) is 13.6. The van der Waals surface area contributed by atoms with Crippen molar-refractivity contribution in [2.75, 3.05) is 17.3 Å². The fourth-order valence-electron chi connectivity index (χ4n) is 1.60. The highest BCUT2D eigenvalue weighted by atomic mass is 79.9. The number of aromatic nitrogens is 2. The molecule has 0 saturated carbocycles. The van der Waals surface area contributed by atoms with E-state index in [4.69, 9.17) is 0 Å². The molecule has 0 aliphatic rings. The zero-order valence-electron chi connectivity index (χ0n) is 11.2. The van der Waals surface area contributed by atoms with Crippen molar-refractivity contribution < 1.29 is 0 Å². The summed E-state index contributed by atoms with van der Waals surface area (Å²) in [5, 5.41) is 7.49. The van der Waals surface area contributed by atoms with E-state index in [1.807, 2.05) is 0 Å². The third-order valence-corrected chi connectivity index (χ3v) is 3.94. The minimum atomic E-state index is -0.0787. The van der Waals surface area contributed by atoms with Crippen molar-refractivity contribution in [3.63, 3.8) is 0 Å². The van der Waals surface area contributed by atoms with Crippen LogP contribution in [0.15, 0.2) is 15.5 Å². The minimum Gasteiger partial charge on any atom is -0.379 e. The van der Waals surface area contributed by atoms with Gasteiger partial charge >= 0.3 is 0 Å². The lowest BCUT2D eigenvalue weighted by molar-refractivity contribution is 0.462. The summed E-state index contributed by atoms with van der Waals surface area (Å²) in [6.07, 6.45) is 3.77. The highest BCUT2D eigenvalue weighted by molar-refractivity contribution is 9.10. The van der Waals surface area contributed by atoms with Crippen LogP contribution < -0.4 is 10.9 Å². The summed E-state index contributed by atoms with van der Waals surface area (Å²) in [4.78, 5) is 12.1. The van der Waals surface area contributed by atoms with E-state index in [1.165, 1.54) is 4.68 Å². The van der Waals surface area contributed by atoms with Crippen LogP contribution in [0.25, 0.3) is 0 Å². The van der Waals surface area contributed by atoms with E-state index in [2.05, 4.69) is 53.4 Å². The first-order chi connectivity index (χ1) is 8.45. The van der Waals surface area contributed by atoms with Crippen LogP contribution in [0.5, 0.6) is 0 Å². The van der Waals surface area contributed by atoms with Crippen LogP contribution in [0.3, 0.4) is 0 Å². The van der Waals surface area contributed by atoms with Gasteiger partial charge in [-0.1, -0.05) is 13.8 Å². The number of anilines is 1. The fourth-order valence-corrected chi connectivity index (χ4v) is 2.60. The topological polar surface area (TPSA) is 46.9 Å². The molecule has 0 spiro atoms. The van der Waals surface area contributed by atoms with Crippen molar-refractivity contribution in [2.24, 2.45) is 5.92 Å². The number of hydrogen-bond donors (Lipinski definition) is 1. The van der Waals surface area contributed by atoms with E-state index in [0.29, 0.717) is 23.0 Å². The molecule has 4 nitrogen and oxygen atoms in total. The van der Waals surface area contributed by atoms with Crippen molar-refractivity contribution in [1.29, 1.82) is 0 Å². The van der Waals surface area contributed by atoms with Crippen molar-refractivity contribution in [3.8, 4) is 0 Å². The van der Waals surface area contributed by atoms with Gasteiger partial charge in [0, 0.05) is 18.3 Å². The van der Waals surface area contributed by atoms with Gasteiger partial charge in [0.15, 0.2) is 0 Å². The van der Waals surface area contributed by atoms with Crippen LogP contribution >= 0.6 is 27.7 Å². The number of rotatable bonds is 6. The van der Waals surface area contributed by atoms with E-state index in [-0.39, 0.29) is 5.56 Å². The van der Waals surface area contributed by atoms with Gasteiger partial charge in [-0.25, -0.2) is 4.68 Å². The number of nitrogens with one attached hydrogen (secondary N) is 1. The fraction of sp³-hybridized carbons (Fsp3) is 0.667.